The Morgan fingerprint density at radius 2 is 2.20 bits per heavy atom. The van der Waals surface area contributed by atoms with E-state index in [2.05, 4.69) is 33.8 Å². The average Bonchev–Trinajstić information content (AvgIpc) is 2.91. The second-order valence-corrected chi connectivity index (χ2v) is 5.06. The first kappa shape index (κ1) is 12.9. The van der Waals surface area contributed by atoms with Crippen LogP contribution in [0.25, 0.3) is 0 Å². The van der Waals surface area contributed by atoms with E-state index in [1.54, 1.807) is 6.92 Å². The zero-order valence-electron chi connectivity index (χ0n) is 11.6. The summed E-state index contributed by atoms with van der Waals surface area (Å²) in [5.41, 5.74) is 1.77. The fourth-order valence-electron chi connectivity index (χ4n) is 2.74. The predicted octanol–water partition coefficient (Wildman–Crippen LogP) is 2.79. The lowest BCUT2D eigenvalue weighted by Gasteiger charge is -2.23. The molecular formula is C16H18N2O2. The van der Waals surface area contributed by atoms with Crippen molar-refractivity contribution in [2.24, 2.45) is 0 Å². The molecule has 1 atom stereocenters. The minimum atomic E-state index is -0.328. The molecule has 104 valence electrons. The Kier molecular flexibility index (Phi) is 3.54. The van der Waals surface area contributed by atoms with Gasteiger partial charge in [0, 0.05) is 19.2 Å². The molecule has 0 aliphatic carbocycles. The zero-order valence-corrected chi connectivity index (χ0v) is 11.6. The van der Waals surface area contributed by atoms with Crippen LogP contribution in [0.15, 0.2) is 36.5 Å². The van der Waals surface area contributed by atoms with Gasteiger partial charge in [0.15, 0.2) is 5.69 Å². The van der Waals surface area contributed by atoms with Crippen LogP contribution in [-0.4, -0.2) is 22.1 Å². The lowest BCUT2D eigenvalue weighted by molar-refractivity contribution is 0.0520. The molecule has 0 saturated heterocycles. The Bertz CT molecular complexity index is 604. The second-order valence-electron chi connectivity index (χ2n) is 5.06. The number of imidazole rings is 1. The van der Waals surface area contributed by atoms with E-state index < -0.39 is 0 Å². The maximum Gasteiger partial charge on any atom is 0.358 e. The predicted molar refractivity (Wildman–Crippen MR) is 75.7 cm³/mol. The summed E-state index contributed by atoms with van der Waals surface area (Å²) in [6.45, 7) is 3.09. The largest absolute Gasteiger partial charge is 0.461 e. The van der Waals surface area contributed by atoms with Gasteiger partial charge >= 0.3 is 5.97 Å². The molecule has 0 N–H and O–H groups in total. The number of ether oxygens (including phenoxy) is 1. The van der Waals surface area contributed by atoms with Crippen molar-refractivity contribution < 1.29 is 9.53 Å². The number of rotatable bonds is 3. The van der Waals surface area contributed by atoms with Crippen molar-refractivity contribution in [1.29, 1.82) is 0 Å². The summed E-state index contributed by atoms with van der Waals surface area (Å²) >= 11 is 0. The average molecular weight is 270 g/mol. The summed E-state index contributed by atoms with van der Waals surface area (Å²) in [6, 6.07) is 10.5. The van der Waals surface area contributed by atoms with Crippen molar-refractivity contribution in [3.05, 3.63) is 53.6 Å². The van der Waals surface area contributed by atoms with Gasteiger partial charge in [0.1, 0.15) is 5.82 Å². The van der Waals surface area contributed by atoms with E-state index in [1.165, 1.54) is 5.56 Å². The number of carbonyl (C=O) groups is 1. The third-order valence-electron chi connectivity index (χ3n) is 3.76. The number of fused-ring (bicyclic) bond motifs is 1. The van der Waals surface area contributed by atoms with E-state index in [4.69, 9.17) is 4.74 Å². The molecule has 0 bridgehead atoms. The highest BCUT2D eigenvalue weighted by molar-refractivity contribution is 5.87. The summed E-state index contributed by atoms with van der Waals surface area (Å²) in [5, 5.41) is 0. The fourth-order valence-corrected chi connectivity index (χ4v) is 2.74. The molecule has 2 heterocycles. The van der Waals surface area contributed by atoms with E-state index >= 15 is 0 Å². The van der Waals surface area contributed by atoms with Crippen LogP contribution in [0.5, 0.6) is 0 Å². The molecule has 2 aromatic rings. The van der Waals surface area contributed by atoms with E-state index in [-0.39, 0.29) is 5.97 Å². The number of carbonyl (C=O) groups excluding carboxylic acids is 1. The molecule has 4 heteroatoms. The lowest BCUT2D eigenvalue weighted by Crippen LogP contribution is -2.17. The van der Waals surface area contributed by atoms with Crippen molar-refractivity contribution in [2.75, 3.05) is 6.61 Å². The SMILES string of the molecule is CCOC(=O)c1cn2c(n1)CC(c1ccccc1)CC2. The summed E-state index contributed by atoms with van der Waals surface area (Å²) in [4.78, 5) is 16.1. The molecule has 0 saturated carbocycles. The number of benzene rings is 1. The highest BCUT2D eigenvalue weighted by Crippen LogP contribution is 2.29. The summed E-state index contributed by atoms with van der Waals surface area (Å²) < 4.78 is 7.08. The molecule has 0 radical (unpaired) electrons. The summed E-state index contributed by atoms with van der Waals surface area (Å²) in [7, 11) is 0. The fraction of sp³-hybridized carbons (Fsp3) is 0.375. The Labute approximate surface area is 118 Å². The highest BCUT2D eigenvalue weighted by Gasteiger charge is 2.23. The summed E-state index contributed by atoms with van der Waals surface area (Å²) in [6.07, 6.45) is 3.77. The number of hydrogen-bond acceptors (Lipinski definition) is 3. The van der Waals surface area contributed by atoms with Crippen LogP contribution < -0.4 is 0 Å². The minimum absolute atomic E-state index is 0.328. The van der Waals surface area contributed by atoms with Crippen molar-refractivity contribution in [3.63, 3.8) is 0 Å². The molecular weight excluding hydrogens is 252 g/mol. The molecule has 4 nitrogen and oxygen atoms in total. The van der Waals surface area contributed by atoms with Gasteiger partial charge in [-0.3, -0.25) is 0 Å². The van der Waals surface area contributed by atoms with Gasteiger partial charge in [0.2, 0.25) is 0 Å². The van der Waals surface area contributed by atoms with Crippen LogP contribution >= 0.6 is 0 Å². The molecule has 1 aliphatic rings. The first-order valence-electron chi connectivity index (χ1n) is 7.06. The van der Waals surface area contributed by atoms with Gasteiger partial charge < -0.3 is 9.30 Å². The quantitative estimate of drug-likeness (QED) is 0.806. The Hall–Kier alpha value is -2.10. The van der Waals surface area contributed by atoms with Gasteiger partial charge in [-0.25, -0.2) is 9.78 Å². The third kappa shape index (κ3) is 2.46. The molecule has 1 aromatic heterocycles. The standard InChI is InChI=1S/C16H18N2O2/c1-2-20-16(19)14-11-18-9-8-13(10-15(18)17-14)12-6-4-3-5-7-12/h3-7,11,13H,2,8-10H2,1H3. The van der Waals surface area contributed by atoms with Crippen LogP contribution in [0.2, 0.25) is 0 Å². The number of nitrogens with zero attached hydrogens (tertiary/aromatic N) is 2. The summed E-state index contributed by atoms with van der Waals surface area (Å²) in [5.74, 6) is 1.14. The van der Waals surface area contributed by atoms with Crippen molar-refractivity contribution >= 4 is 5.97 Å². The topological polar surface area (TPSA) is 44.1 Å². The van der Waals surface area contributed by atoms with E-state index in [0.29, 0.717) is 18.2 Å². The Balaban J connectivity index is 1.80. The maximum atomic E-state index is 11.7. The van der Waals surface area contributed by atoms with Crippen LogP contribution in [-0.2, 0) is 17.7 Å². The first-order valence-corrected chi connectivity index (χ1v) is 7.06. The van der Waals surface area contributed by atoms with Crippen LogP contribution in [0.3, 0.4) is 0 Å². The van der Waals surface area contributed by atoms with Crippen LogP contribution in [0.1, 0.15) is 41.1 Å². The Morgan fingerprint density at radius 1 is 1.40 bits per heavy atom. The smallest absolute Gasteiger partial charge is 0.358 e. The number of hydrogen-bond donors (Lipinski definition) is 0. The second kappa shape index (κ2) is 5.49. The maximum absolute atomic E-state index is 11.7. The molecule has 20 heavy (non-hydrogen) atoms. The molecule has 1 aliphatic heterocycles. The van der Waals surface area contributed by atoms with Gasteiger partial charge in [-0.15, -0.1) is 0 Å². The highest BCUT2D eigenvalue weighted by atomic mass is 16.5. The Morgan fingerprint density at radius 3 is 2.95 bits per heavy atom. The lowest BCUT2D eigenvalue weighted by atomic mass is 9.90. The van der Waals surface area contributed by atoms with Crippen LogP contribution in [0.4, 0.5) is 0 Å². The van der Waals surface area contributed by atoms with Crippen molar-refractivity contribution in [2.45, 2.75) is 32.2 Å². The molecule has 0 fully saturated rings. The van der Waals surface area contributed by atoms with Gasteiger partial charge in [0.05, 0.1) is 6.61 Å². The monoisotopic (exact) mass is 270 g/mol. The van der Waals surface area contributed by atoms with Crippen LogP contribution in [0, 0.1) is 0 Å². The zero-order chi connectivity index (χ0) is 13.9. The number of aromatic nitrogens is 2. The minimum Gasteiger partial charge on any atom is -0.461 e. The molecule has 1 unspecified atom stereocenters. The van der Waals surface area contributed by atoms with Gasteiger partial charge in [-0.05, 0) is 24.8 Å². The van der Waals surface area contributed by atoms with E-state index in [9.17, 15) is 4.79 Å². The number of aryl methyl sites for hydroxylation is 1. The van der Waals surface area contributed by atoms with Crippen molar-refractivity contribution in [3.8, 4) is 0 Å². The van der Waals surface area contributed by atoms with Crippen molar-refractivity contribution in [1.82, 2.24) is 9.55 Å². The molecule has 3 rings (SSSR count). The normalized spacial score (nSPS) is 17.6. The molecule has 1 aromatic carbocycles. The molecule has 0 spiro atoms. The molecule has 0 amide bonds. The van der Waals surface area contributed by atoms with Gasteiger partial charge in [-0.2, -0.15) is 0 Å². The first-order chi connectivity index (χ1) is 9.78. The van der Waals surface area contributed by atoms with E-state index in [0.717, 1.165) is 25.2 Å². The van der Waals surface area contributed by atoms with Gasteiger partial charge in [-0.1, -0.05) is 30.3 Å². The number of esters is 1. The van der Waals surface area contributed by atoms with E-state index in [1.807, 2.05) is 12.3 Å². The van der Waals surface area contributed by atoms with Gasteiger partial charge in [0.25, 0.3) is 0 Å². The third-order valence-corrected chi connectivity index (χ3v) is 3.76.